The summed E-state index contributed by atoms with van der Waals surface area (Å²) in [5, 5.41) is 2.50. The Morgan fingerprint density at radius 1 is 0.552 bits per heavy atom. The van der Waals surface area contributed by atoms with Crippen molar-refractivity contribution >= 4 is 55.4 Å². The van der Waals surface area contributed by atoms with Crippen molar-refractivity contribution in [3.63, 3.8) is 0 Å². The number of imidazole rings is 1. The Balaban J connectivity index is 1.69. The lowest BCUT2D eigenvalue weighted by Gasteiger charge is -2.09. The van der Waals surface area contributed by atoms with E-state index in [0.717, 1.165) is 20.6 Å². The highest BCUT2D eigenvalue weighted by molar-refractivity contribution is 14.1. The minimum absolute atomic E-state index is 0.968. The molecule has 0 radical (unpaired) electrons. The molecule has 0 aliphatic heterocycles. The number of hydrogen-bond acceptors (Lipinski definition) is 1. The van der Waals surface area contributed by atoms with Gasteiger partial charge in [0.1, 0.15) is 0 Å². The van der Waals surface area contributed by atoms with Crippen molar-refractivity contribution in [1.29, 1.82) is 0 Å². The second-order valence-corrected chi connectivity index (χ2v) is 8.06. The number of rotatable bonds is 2. The minimum atomic E-state index is 0.968. The molecule has 29 heavy (non-hydrogen) atoms. The molecule has 0 bridgehead atoms. The maximum absolute atomic E-state index is 4.73. The first kappa shape index (κ1) is 16.8. The number of para-hydroxylation sites is 4. The lowest BCUT2D eigenvalue weighted by atomic mass is 10.1. The Bertz CT molecular complexity index is 1510. The molecule has 0 aliphatic rings. The van der Waals surface area contributed by atoms with Crippen LogP contribution in [0.3, 0.4) is 0 Å². The molecule has 4 aromatic carbocycles. The van der Waals surface area contributed by atoms with Crippen LogP contribution in [0.15, 0.2) is 97.1 Å². The van der Waals surface area contributed by atoms with Crippen molar-refractivity contribution < 1.29 is 0 Å². The molecule has 0 aliphatic carbocycles. The molecule has 6 rings (SSSR count). The number of aromatic nitrogens is 3. The van der Waals surface area contributed by atoms with E-state index >= 15 is 0 Å². The van der Waals surface area contributed by atoms with Crippen LogP contribution < -0.4 is 0 Å². The highest BCUT2D eigenvalue weighted by Gasteiger charge is 2.15. The summed E-state index contributed by atoms with van der Waals surface area (Å²) in [6.45, 7) is 0. The molecule has 0 saturated heterocycles. The van der Waals surface area contributed by atoms with E-state index < -0.39 is 0 Å². The Morgan fingerprint density at radius 3 is 2.10 bits per heavy atom. The summed E-state index contributed by atoms with van der Waals surface area (Å²) in [4.78, 5) is 4.73. The lowest BCUT2D eigenvalue weighted by Crippen LogP contribution is -1.97. The van der Waals surface area contributed by atoms with Crippen LogP contribution in [-0.4, -0.2) is 14.1 Å². The van der Waals surface area contributed by atoms with Gasteiger partial charge in [0.2, 0.25) is 0 Å². The smallest absolute Gasteiger partial charge is 0.177 e. The monoisotopic (exact) mass is 485 g/mol. The molecular weight excluding hydrogens is 469 g/mol. The van der Waals surface area contributed by atoms with Crippen LogP contribution in [0.5, 0.6) is 0 Å². The van der Waals surface area contributed by atoms with Gasteiger partial charge >= 0.3 is 0 Å². The maximum atomic E-state index is 4.73. The van der Waals surface area contributed by atoms with Gasteiger partial charge in [-0.3, -0.25) is 4.57 Å². The molecule has 6 aromatic rings. The second kappa shape index (κ2) is 6.46. The summed E-state index contributed by atoms with van der Waals surface area (Å²) in [5.41, 5.74) is 6.88. The van der Waals surface area contributed by atoms with Gasteiger partial charge in [-0.15, -0.1) is 0 Å². The second-order valence-electron chi connectivity index (χ2n) is 7.09. The molecule has 2 aromatic heterocycles. The molecule has 3 nitrogen and oxygen atoms in total. The SMILES string of the molecule is Ic1nc2ccccc2n1-c1ccc2c(c1)c1ccccc1n2-c1ccccc1. The van der Waals surface area contributed by atoms with Crippen molar-refractivity contribution in [3.8, 4) is 11.4 Å². The fourth-order valence-electron chi connectivity index (χ4n) is 4.20. The van der Waals surface area contributed by atoms with E-state index in [0.29, 0.717) is 0 Å². The predicted molar refractivity (Wildman–Crippen MR) is 128 cm³/mol. The Labute approximate surface area is 181 Å². The van der Waals surface area contributed by atoms with Gasteiger partial charge in [0.15, 0.2) is 3.83 Å². The zero-order valence-corrected chi connectivity index (χ0v) is 17.6. The molecule has 0 saturated carbocycles. The van der Waals surface area contributed by atoms with E-state index in [-0.39, 0.29) is 0 Å². The van der Waals surface area contributed by atoms with Gasteiger partial charge in [-0.25, -0.2) is 4.98 Å². The van der Waals surface area contributed by atoms with E-state index in [4.69, 9.17) is 4.98 Å². The molecule has 0 N–H and O–H groups in total. The van der Waals surface area contributed by atoms with Gasteiger partial charge < -0.3 is 4.57 Å². The summed E-state index contributed by atoms with van der Waals surface area (Å²) in [5.74, 6) is 0. The summed E-state index contributed by atoms with van der Waals surface area (Å²) >= 11 is 2.32. The average molecular weight is 485 g/mol. The van der Waals surface area contributed by atoms with E-state index in [1.807, 2.05) is 6.07 Å². The Morgan fingerprint density at radius 2 is 1.24 bits per heavy atom. The topological polar surface area (TPSA) is 22.8 Å². The minimum Gasteiger partial charge on any atom is -0.309 e. The van der Waals surface area contributed by atoms with Crippen LogP contribution >= 0.6 is 22.6 Å². The Kier molecular flexibility index (Phi) is 3.74. The quantitative estimate of drug-likeness (QED) is 0.250. The Hall–Kier alpha value is -3.12. The van der Waals surface area contributed by atoms with Crippen molar-refractivity contribution in [2.75, 3.05) is 0 Å². The number of fused-ring (bicyclic) bond motifs is 4. The molecule has 0 atom stereocenters. The third kappa shape index (κ3) is 2.52. The number of hydrogen-bond donors (Lipinski definition) is 0. The first-order chi connectivity index (χ1) is 14.3. The van der Waals surface area contributed by atoms with Crippen molar-refractivity contribution in [3.05, 3.63) is 101 Å². The first-order valence-electron chi connectivity index (χ1n) is 9.53. The predicted octanol–water partition coefficient (Wildman–Crippen LogP) is 6.73. The van der Waals surface area contributed by atoms with Crippen molar-refractivity contribution in [1.82, 2.24) is 14.1 Å². The van der Waals surface area contributed by atoms with Gasteiger partial charge in [-0.2, -0.15) is 0 Å². The van der Waals surface area contributed by atoms with Crippen molar-refractivity contribution in [2.24, 2.45) is 0 Å². The average Bonchev–Trinajstić information content (AvgIpc) is 3.28. The fourth-order valence-corrected chi connectivity index (χ4v) is 5.00. The summed E-state index contributed by atoms with van der Waals surface area (Å²) in [6, 6.07) is 34.2. The van der Waals surface area contributed by atoms with E-state index in [9.17, 15) is 0 Å². The van der Waals surface area contributed by atoms with Gasteiger partial charge in [0.25, 0.3) is 0 Å². The molecule has 0 amide bonds. The highest BCUT2D eigenvalue weighted by atomic mass is 127. The molecule has 0 spiro atoms. The van der Waals surface area contributed by atoms with Crippen LogP contribution in [0.2, 0.25) is 0 Å². The van der Waals surface area contributed by atoms with Crippen LogP contribution in [-0.2, 0) is 0 Å². The molecule has 0 unspecified atom stereocenters. The van der Waals surface area contributed by atoms with Gasteiger partial charge in [-0.1, -0.05) is 48.5 Å². The number of halogens is 1. The highest BCUT2D eigenvalue weighted by Crippen LogP contribution is 2.34. The van der Waals surface area contributed by atoms with E-state index in [1.165, 1.54) is 27.5 Å². The van der Waals surface area contributed by atoms with Crippen LogP contribution in [0.1, 0.15) is 0 Å². The number of benzene rings is 4. The fraction of sp³-hybridized carbons (Fsp3) is 0. The van der Waals surface area contributed by atoms with E-state index in [1.54, 1.807) is 0 Å². The molecule has 4 heteroatoms. The maximum Gasteiger partial charge on any atom is 0.177 e. The third-order valence-corrected chi connectivity index (χ3v) is 6.17. The molecule has 2 heterocycles. The summed E-state index contributed by atoms with van der Waals surface area (Å²) < 4.78 is 5.53. The lowest BCUT2D eigenvalue weighted by molar-refractivity contribution is 1.04. The van der Waals surface area contributed by atoms with Crippen molar-refractivity contribution in [2.45, 2.75) is 0 Å². The summed E-state index contributed by atoms with van der Waals surface area (Å²) in [6.07, 6.45) is 0. The number of nitrogens with zero attached hydrogens (tertiary/aromatic N) is 3. The molecular formula is C25H16IN3. The van der Waals surface area contributed by atoms with Crippen LogP contribution in [0.25, 0.3) is 44.2 Å². The van der Waals surface area contributed by atoms with E-state index in [2.05, 4.69) is 123 Å². The largest absolute Gasteiger partial charge is 0.309 e. The zero-order valence-electron chi connectivity index (χ0n) is 15.5. The molecule has 0 fully saturated rings. The third-order valence-electron chi connectivity index (χ3n) is 5.45. The van der Waals surface area contributed by atoms with Crippen LogP contribution in [0.4, 0.5) is 0 Å². The van der Waals surface area contributed by atoms with Gasteiger partial charge in [0.05, 0.1) is 22.1 Å². The molecule has 138 valence electrons. The summed E-state index contributed by atoms with van der Waals surface area (Å²) in [7, 11) is 0. The van der Waals surface area contributed by atoms with Crippen LogP contribution in [0, 0.1) is 3.83 Å². The van der Waals surface area contributed by atoms with Gasteiger partial charge in [0, 0.05) is 44.7 Å². The first-order valence-corrected chi connectivity index (χ1v) is 10.6. The zero-order chi connectivity index (χ0) is 19.4. The van der Waals surface area contributed by atoms with Gasteiger partial charge in [-0.05, 0) is 48.5 Å². The normalized spacial score (nSPS) is 11.6. The standard InChI is InChI=1S/C25H16IN3/c26-25-27-21-11-5-7-13-24(21)29(25)18-14-15-23-20(16-18)19-10-4-6-12-22(19)28(23)17-8-2-1-3-9-17/h1-16H.